The Morgan fingerprint density at radius 3 is 2.31 bits per heavy atom. The number of carbonyl (C=O) groups is 1. The largest absolute Gasteiger partial charge is 0.323 e. The van der Waals surface area contributed by atoms with E-state index >= 15 is 0 Å². The molecule has 0 aliphatic rings. The number of amides is 1. The Morgan fingerprint density at radius 2 is 1.65 bits per heavy atom. The molecule has 0 unspecified atom stereocenters. The van der Waals surface area contributed by atoms with Gasteiger partial charge in [0.1, 0.15) is 6.07 Å². The summed E-state index contributed by atoms with van der Waals surface area (Å²) >= 11 is 12.1. The van der Waals surface area contributed by atoms with Gasteiger partial charge in [-0.3, -0.25) is 4.79 Å². The van der Waals surface area contributed by atoms with Gasteiger partial charge in [-0.2, -0.15) is 5.26 Å². The van der Waals surface area contributed by atoms with Gasteiger partial charge in [0.05, 0.1) is 32.5 Å². The normalized spacial score (nSPS) is 10.0. The van der Waals surface area contributed by atoms with Gasteiger partial charge in [0.25, 0.3) is 5.91 Å². The third-order valence-corrected chi connectivity index (χ3v) is 4.04. The second-order valence-electron chi connectivity index (χ2n) is 5.13. The second-order valence-corrected chi connectivity index (χ2v) is 5.94. The fourth-order valence-electron chi connectivity index (χ4n) is 2.12. The van der Waals surface area contributed by atoms with E-state index in [9.17, 15) is 4.79 Å². The molecule has 0 atom stereocenters. The summed E-state index contributed by atoms with van der Waals surface area (Å²) in [5, 5.41) is 15.3. The summed E-state index contributed by atoms with van der Waals surface area (Å²) in [6, 6.07) is 14.0. The Hall–Kier alpha value is -3.14. The highest BCUT2D eigenvalue weighted by molar-refractivity contribution is 6.40. The molecule has 3 aromatic rings. The third kappa shape index (κ3) is 3.91. The van der Waals surface area contributed by atoms with Gasteiger partial charge in [0.15, 0.2) is 0 Å². The maximum atomic E-state index is 12.3. The minimum atomic E-state index is -0.441. The first-order valence-corrected chi connectivity index (χ1v) is 8.17. The van der Waals surface area contributed by atoms with Crippen molar-refractivity contribution >= 4 is 46.4 Å². The van der Waals surface area contributed by atoms with Crippen molar-refractivity contribution in [3.8, 4) is 6.07 Å². The zero-order chi connectivity index (χ0) is 18.5. The predicted molar refractivity (Wildman–Crippen MR) is 101 cm³/mol. The average molecular weight is 384 g/mol. The Bertz CT molecular complexity index is 979. The summed E-state index contributed by atoms with van der Waals surface area (Å²) in [4.78, 5) is 20.5. The van der Waals surface area contributed by atoms with Crippen LogP contribution in [-0.2, 0) is 0 Å². The molecule has 0 fully saturated rings. The van der Waals surface area contributed by atoms with Gasteiger partial charge in [-0.1, -0.05) is 41.4 Å². The lowest BCUT2D eigenvalue weighted by Crippen LogP contribution is -2.13. The molecule has 1 amide bonds. The number of para-hydroxylation sites is 2. The van der Waals surface area contributed by atoms with E-state index in [4.69, 9.17) is 28.5 Å². The lowest BCUT2D eigenvalue weighted by atomic mass is 10.2. The average Bonchev–Trinajstić information content (AvgIpc) is 2.66. The van der Waals surface area contributed by atoms with Gasteiger partial charge < -0.3 is 10.6 Å². The van der Waals surface area contributed by atoms with Crippen molar-refractivity contribution in [1.82, 2.24) is 9.97 Å². The molecule has 1 heterocycles. The van der Waals surface area contributed by atoms with Crippen LogP contribution in [0.5, 0.6) is 0 Å². The fraction of sp³-hybridized carbons (Fsp3) is 0. The minimum Gasteiger partial charge on any atom is -0.323 e. The van der Waals surface area contributed by atoms with Crippen LogP contribution in [-0.4, -0.2) is 15.9 Å². The van der Waals surface area contributed by atoms with Crippen molar-refractivity contribution in [2.75, 3.05) is 10.6 Å². The molecule has 0 aliphatic heterocycles. The van der Waals surface area contributed by atoms with Crippen molar-refractivity contribution in [3.05, 3.63) is 76.0 Å². The number of nitrogens with zero attached hydrogens (tertiary/aromatic N) is 3. The van der Waals surface area contributed by atoms with Gasteiger partial charge in [-0.15, -0.1) is 0 Å². The zero-order valence-electron chi connectivity index (χ0n) is 13.2. The standard InChI is InChI=1S/C18H11Cl2N5O/c19-13-5-3-6-14(20)16(13)25-17(26)12-9-22-18(23-10-12)24-15-7-2-1-4-11(15)8-21/h1-7,9-10H,(H,25,26)(H,22,23,24). The maximum Gasteiger partial charge on any atom is 0.258 e. The number of benzene rings is 2. The first-order chi connectivity index (χ1) is 12.6. The summed E-state index contributed by atoms with van der Waals surface area (Å²) in [5.74, 6) is -0.177. The highest BCUT2D eigenvalue weighted by Crippen LogP contribution is 2.30. The van der Waals surface area contributed by atoms with Crippen LogP contribution < -0.4 is 10.6 Å². The number of nitrogens with one attached hydrogen (secondary N) is 2. The molecule has 8 heteroatoms. The van der Waals surface area contributed by atoms with Crippen LogP contribution in [0, 0.1) is 11.3 Å². The molecule has 6 nitrogen and oxygen atoms in total. The second kappa shape index (κ2) is 7.83. The predicted octanol–water partition coefficient (Wildman–Crippen LogP) is 4.65. The Balaban J connectivity index is 1.75. The molecule has 0 saturated carbocycles. The topological polar surface area (TPSA) is 90.7 Å². The van der Waals surface area contributed by atoms with Crippen LogP contribution in [0.15, 0.2) is 54.9 Å². The Morgan fingerprint density at radius 1 is 1.00 bits per heavy atom. The highest BCUT2D eigenvalue weighted by atomic mass is 35.5. The van der Waals surface area contributed by atoms with E-state index in [2.05, 4.69) is 26.7 Å². The highest BCUT2D eigenvalue weighted by Gasteiger charge is 2.12. The molecule has 2 aromatic carbocycles. The summed E-state index contributed by atoms with van der Waals surface area (Å²) in [7, 11) is 0. The van der Waals surface area contributed by atoms with Crippen LogP contribution in [0.3, 0.4) is 0 Å². The zero-order valence-corrected chi connectivity index (χ0v) is 14.7. The van der Waals surface area contributed by atoms with Gasteiger partial charge >= 0.3 is 0 Å². The quantitative estimate of drug-likeness (QED) is 0.683. The molecule has 0 aliphatic carbocycles. The number of hydrogen-bond donors (Lipinski definition) is 2. The van der Waals surface area contributed by atoms with Gasteiger partial charge in [-0.05, 0) is 24.3 Å². The lowest BCUT2D eigenvalue weighted by molar-refractivity contribution is 0.102. The van der Waals surface area contributed by atoms with Crippen LogP contribution in [0.25, 0.3) is 0 Å². The molecule has 1 aromatic heterocycles. The van der Waals surface area contributed by atoms with Gasteiger partial charge in [-0.25, -0.2) is 9.97 Å². The van der Waals surface area contributed by atoms with Crippen LogP contribution in [0.1, 0.15) is 15.9 Å². The molecule has 0 radical (unpaired) electrons. The van der Waals surface area contributed by atoms with E-state index < -0.39 is 5.91 Å². The lowest BCUT2D eigenvalue weighted by Gasteiger charge is -2.09. The summed E-state index contributed by atoms with van der Waals surface area (Å²) in [6.07, 6.45) is 2.73. The van der Waals surface area contributed by atoms with E-state index in [0.717, 1.165) is 0 Å². The fourth-order valence-corrected chi connectivity index (χ4v) is 2.61. The van der Waals surface area contributed by atoms with Crippen LogP contribution >= 0.6 is 23.2 Å². The van der Waals surface area contributed by atoms with Gasteiger partial charge in [0.2, 0.25) is 5.95 Å². The molecule has 0 spiro atoms. The monoisotopic (exact) mass is 383 g/mol. The minimum absolute atomic E-state index is 0.236. The Kier molecular flexibility index (Phi) is 5.32. The number of aromatic nitrogens is 2. The van der Waals surface area contributed by atoms with Crippen molar-refractivity contribution in [3.63, 3.8) is 0 Å². The van der Waals surface area contributed by atoms with Gasteiger partial charge in [0, 0.05) is 12.4 Å². The Labute approximate surface area is 159 Å². The number of nitriles is 1. The third-order valence-electron chi connectivity index (χ3n) is 3.41. The molecular formula is C18H11Cl2N5O. The van der Waals surface area contributed by atoms with E-state index in [1.54, 1.807) is 42.5 Å². The maximum absolute atomic E-state index is 12.3. The molecule has 26 heavy (non-hydrogen) atoms. The number of anilines is 3. The van der Waals surface area contributed by atoms with Crippen molar-refractivity contribution < 1.29 is 4.79 Å². The SMILES string of the molecule is N#Cc1ccccc1Nc1ncc(C(=O)Nc2c(Cl)cccc2Cl)cn1. The molecular weight excluding hydrogens is 373 g/mol. The first kappa shape index (κ1) is 17.7. The van der Waals surface area contributed by atoms with Crippen molar-refractivity contribution in [2.24, 2.45) is 0 Å². The molecule has 2 N–H and O–H groups in total. The van der Waals surface area contributed by atoms with E-state index in [-0.39, 0.29) is 11.5 Å². The molecule has 128 valence electrons. The first-order valence-electron chi connectivity index (χ1n) is 7.42. The molecule has 0 saturated heterocycles. The number of carbonyl (C=O) groups excluding carboxylic acids is 1. The molecule has 3 rings (SSSR count). The number of halogens is 2. The summed E-state index contributed by atoms with van der Waals surface area (Å²) < 4.78 is 0. The van der Waals surface area contributed by atoms with Crippen molar-refractivity contribution in [2.45, 2.75) is 0 Å². The van der Waals surface area contributed by atoms with Crippen LogP contribution in [0.4, 0.5) is 17.3 Å². The molecule has 0 bridgehead atoms. The summed E-state index contributed by atoms with van der Waals surface area (Å²) in [5.41, 5.74) is 1.60. The number of rotatable bonds is 4. The van der Waals surface area contributed by atoms with E-state index in [0.29, 0.717) is 27.0 Å². The number of hydrogen-bond acceptors (Lipinski definition) is 5. The van der Waals surface area contributed by atoms with E-state index in [1.807, 2.05) is 0 Å². The summed E-state index contributed by atoms with van der Waals surface area (Å²) in [6.45, 7) is 0. The van der Waals surface area contributed by atoms with Crippen LogP contribution in [0.2, 0.25) is 10.0 Å². The van der Waals surface area contributed by atoms with E-state index in [1.165, 1.54) is 12.4 Å². The van der Waals surface area contributed by atoms with Crippen molar-refractivity contribution in [1.29, 1.82) is 5.26 Å². The smallest absolute Gasteiger partial charge is 0.258 e.